The number of hydrogen-bond acceptors (Lipinski definition) is 4. The topological polar surface area (TPSA) is 69.3 Å². The molecule has 0 atom stereocenters. The highest BCUT2D eigenvalue weighted by atomic mass is 16.5. The summed E-state index contributed by atoms with van der Waals surface area (Å²) >= 11 is 0. The fraction of sp³-hybridized carbons (Fsp3) is 0.500. The minimum absolute atomic E-state index is 0.462. The van der Waals surface area contributed by atoms with Gasteiger partial charge in [-0.25, -0.2) is 4.99 Å². The van der Waals surface area contributed by atoms with Crippen molar-refractivity contribution in [2.24, 2.45) is 10.7 Å². The van der Waals surface area contributed by atoms with E-state index in [0.29, 0.717) is 37.2 Å². The Kier molecular flexibility index (Phi) is 5.06. The van der Waals surface area contributed by atoms with Crippen molar-refractivity contribution in [3.63, 3.8) is 0 Å². The van der Waals surface area contributed by atoms with Gasteiger partial charge in [-0.2, -0.15) is 0 Å². The van der Waals surface area contributed by atoms with Gasteiger partial charge in [0.1, 0.15) is 0 Å². The van der Waals surface area contributed by atoms with Gasteiger partial charge in [-0.05, 0) is 6.07 Å². The third-order valence-corrected chi connectivity index (χ3v) is 3.23. The van der Waals surface area contributed by atoms with Crippen molar-refractivity contribution in [3.05, 3.63) is 23.8 Å². The van der Waals surface area contributed by atoms with E-state index in [1.807, 2.05) is 23.1 Å². The number of ether oxygens (including phenoxy) is 3. The fourth-order valence-electron chi connectivity index (χ4n) is 2.14. The smallest absolute Gasteiger partial charge is 0.191 e. The van der Waals surface area contributed by atoms with Crippen LogP contribution in [0.4, 0.5) is 0 Å². The number of guanidine groups is 1. The maximum atomic E-state index is 6.01. The van der Waals surface area contributed by atoms with Crippen molar-refractivity contribution in [1.82, 2.24) is 4.90 Å². The zero-order valence-electron chi connectivity index (χ0n) is 12.0. The molecule has 0 radical (unpaired) electrons. The number of nitrogens with zero attached hydrogens (tertiary/aromatic N) is 2. The predicted molar refractivity (Wildman–Crippen MR) is 77.3 cm³/mol. The van der Waals surface area contributed by atoms with E-state index in [1.54, 1.807) is 14.2 Å². The molecule has 1 aliphatic rings. The van der Waals surface area contributed by atoms with Crippen LogP contribution in [0.1, 0.15) is 5.56 Å². The lowest BCUT2D eigenvalue weighted by Crippen LogP contribution is -2.44. The molecule has 0 aliphatic carbocycles. The van der Waals surface area contributed by atoms with E-state index in [4.69, 9.17) is 19.9 Å². The Hall–Kier alpha value is -1.95. The van der Waals surface area contributed by atoms with Crippen LogP contribution in [-0.2, 0) is 11.3 Å². The number of methoxy groups -OCH3 is 2. The molecule has 1 aromatic carbocycles. The van der Waals surface area contributed by atoms with Gasteiger partial charge >= 0.3 is 0 Å². The van der Waals surface area contributed by atoms with Crippen molar-refractivity contribution >= 4 is 5.96 Å². The largest absolute Gasteiger partial charge is 0.493 e. The minimum Gasteiger partial charge on any atom is -0.493 e. The summed E-state index contributed by atoms with van der Waals surface area (Å²) in [5, 5.41) is 0. The van der Waals surface area contributed by atoms with Crippen LogP contribution in [0.3, 0.4) is 0 Å². The highest BCUT2D eigenvalue weighted by molar-refractivity contribution is 5.78. The van der Waals surface area contributed by atoms with Crippen LogP contribution in [0, 0.1) is 0 Å². The Morgan fingerprint density at radius 3 is 2.70 bits per heavy atom. The third-order valence-electron chi connectivity index (χ3n) is 3.23. The number of para-hydroxylation sites is 1. The van der Waals surface area contributed by atoms with Crippen LogP contribution in [0.5, 0.6) is 11.5 Å². The van der Waals surface area contributed by atoms with Gasteiger partial charge in [-0.3, -0.25) is 0 Å². The van der Waals surface area contributed by atoms with E-state index in [1.165, 1.54) is 0 Å². The Bertz CT molecular complexity index is 471. The summed E-state index contributed by atoms with van der Waals surface area (Å²) < 4.78 is 15.9. The Labute approximate surface area is 119 Å². The number of nitrogens with two attached hydrogens (primary N) is 1. The lowest BCUT2D eigenvalue weighted by atomic mass is 10.2. The number of rotatable bonds is 4. The molecule has 110 valence electrons. The van der Waals surface area contributed by atoms with Crippen LogP contribution >= 0.6 is 0 Å². The SMILES string of the molecule is COc1cccc(CN=C(N)N2CCOCC2)c1OC. The third kappa shape index (κ3) is 3.33. The van der Waals surface area contributed by atoms with Gasteiger partial charge in [0.2, 0.25) is 0 Å². The Morgan fingerprint density at radius 2 is 2.05 bits per heavy atom. The van der Waals surface area contributed by atoms with Gasteiger partial charge in [-0.1, -0.05) is 12.1 Å². The van der Waals surface area contributed by atoms with E-state index in [9.17, 15) is 0 Å². The van der Waals surface area contributed by atoms with Crippen molar-refractivity contribution in [1.29, 1.82) is 0 Å². The molecule has 1 saturated heterocycles. The first-order chi connectivity index (χ1) is 9.76. The predicted octanol–water partition coefficient (Wildman–Crippen LogP) is 0.851. The first kappa shape index (κ1) is 14.5. The molecule has 20 heavy (non-hydrogen) atoms. The number of morpholine rings is 1. The molecule has 0 aromatic heterocycles. The summed E-state index contributed by atoms with van der Waals surface area (Å²) in [7, 11) is 3.24. The molecular weight excluding hydrogens is 258 g/mol. The summed E-state index contributed by atoms with van der Waals surface area (Å²) in [6.45, 7) is 3.41. The standard InChI is InChI=1S/C14H21N3O3/c1-18-12-5-3-4-11(13(12)19-2)10-16-14(15)17-6-8-20-9-7-17/h3-5H,6-10H2,1-2H3,(H2,15,16). The second-order valence-electron chi connectivity index (χ2n) is 4.43. The maximum absolute atomic E-state index is 6.01. The molecule has 1 fully saturated rings. The molecule has 1 heterocycles. The first-order valence-electron chi connectivity index (χ1n) is 6.58. The fourth-order valence-corrected chi connectivity index (χ4v) is 2.14. The van der Waals surface area contributed by atoms with E-state index in [0.717, 1.165) is 18.7 Å². The quantitative estimate of drug-likeness (QED) is 0.653. The molecule has 0 amide bonds. The highest BCUT2D eigenvalue weighted by Crippen LogP contribution is 2.31. The van der Waals surface area contributed by atoms with Crippen molar-refractivity contribution in [3.8, 4) is 11.5 Å². The Morgan fingerprint density at radius 1 is 1.30 bits per heavy atom. The first-order valence-corrected chi connectivity index (χ1v) is 6.58. The van der Waals surface area contributed by atoms with Gasteiger partial charge in [0, 0.05) is 18.7 Å². The van der Waals surface area contributed by atoms with Gasteiger partial charge < -0.3 is 24.8 Å². The van der Waals surface area contributed by atoms with E-state index >= 15 is 0 Å². The summed E-state index contributed by atoms with van der Waals surface area (Å²) in [6.07, 6.45) is 0. The average Bonchev–Trinajstić information content (AvgIpc) is 2.52. The zero-order chi connectivity index (χ0) is 14.4. The van der Waals surface area contributed by atoms with Gasteiger partial charge in [0.25, 0.3) is 0 Å². The molecule has 0 spiro atoms. The van der Waals surface area contributed by atoms with E-state index in [-0.39, 0.29) is 0 Å². The van der Waals surface area contributed by atoms with Crippen molar-refractivity contribution < 1.29 is 14.2 Å². The lowest BCUT2D eigenvalue weighted by Gasteiger charge is -2.27. The van der Waals surface area contributed by atoms with Crippen LogP contribution in [-0.4, -0.2) is 51.4 Å². The summed E-state index contributed by atoms with van der Waals surface area (Å²) in [4.78, 5) is 6.46. The Balaban J connectivity index is 2.09. The molecule has 1 aromatic rings. The second kappa shape index (κ2) is 7.00. The van der Waals surface area contributed by atoms with Crippen molar-refractivity contribution in [2.75, 3.05) is 40.5 Å². The number of hydrogen-bond donors (Lipinski definition) is 1. The maximum Gasteiger partial charge on any atom is 0.191 e. The molecular formula is C14H21N3O3. The summed E-state index contributed by atoms with van der Waals surface area (Å²) in [5.41, 5.74) is 6.95. The highest BCUT2D eigenvalue weighted by Gasteiger charge is 2.13. The van der Waals surface area contributed by atoms with Crippen LogP contribution in [0.2, 0.25) is 0 Å². The molecule has 0 bridgehead atoms. The van der Waals surface area contributed by atoms with Gasteiger partial charge in [-0.15, -0.1) is 0 Å². The molecule has 6 nitrogen and oxygen atoms in total. The molecule has 0 unspecified atom stereocenters. The molecule has 0 saturated carbocycles. The van der Waals surface area contributed by atoms with Crippen LogP contribution < -0.4 is 15.2 Å². The molecule has 6 heteroatoms. The molecule has 2 rings (SSSR count). The molecule has 1 aliphatic heterocycles. The van der Waals surface area contributed by atoms with Crippen molar-refractivity contribution in [2.45, 2.75) is 6.54 Å². The van der Waals surface area contributed by atoms with Crippen LogP contribution in [0.25, 0.3) is 0 Å². The molecule has 2 N–H and O–H groups in total. The number of aliphatic imine (C=N–C) groups is 1. The normalized spacial score (nSPS) is 16.1. The minimum atomic E-state index is 0.462. The van der Waals surface area contributed by atoms with E-state index < -0.39 is 0 Å². The summed E-state index contributed by atoms with van der Waals surface area (Å²) in [6, 6.07) is 5.73. The average molecular weight is 279 g/mol. The van der Waals surface area contributed by atoms with Crippen LogP contribution in [0.15, 0.2) is 23.2 Å². The second-order valence-corrected chi connectivity index (χ2v) is 4.43. The number of benzene rings is 1. The van der Waals surface area contributed by atoms with E-state index in [2.05, 4.69) is 4.99 Å². The van der Waals surface area contributed by atoms with Gasteiger partial charge in [0.15, 0.2) is 17.5 Å². The lowest BCUT2D eigenvalue weighted by molar-refractivity contribution is 0.0674. The van der Waals surface area contributed by atoms with Gasteiger partial charge in [0.05, 0.1) is 34.0 Å². The zero-order valence-corrected chi connectivity index (χ0v) is 12.0. The summed E-state index contributed by atoms with van der Waals surface area (Å²) in [5.74, 6) is 1.94. The monoisotopic (exact) mass is 279 g/mol.